The van der Waals surface area contributed by atoms with Crippen LogP contribution < -0.4 is 9.80 Å². The van der Waals surface area contributed by atoms with Crippen LogP contribution in [-0.2, 0) is 4.79 Å². The number of pyridine rings is 1. The van der Waals surface area contributed by atoms with Gasteiger partial charge < -0.3 is 14.9 Å². The number of carbonyl (C=O) groups excluding carboxylic acids is 2. The number of anilines is 2. The van der Waals surface area contributed by atoms with Gasteiger partial charge in [-0.25, -0.2) is 4.98 Å². The smallest absolute Gasteiger partial charge is 0.272 e. The van der Waals surface area contributed by atoms with Gasteiger partial charge in [0.2, 0.25) is 5.95 Å². The van der Waals surface area contributed by atoms with E-state index in [1.54, 1.807) is 24.2 Å². The first-order chi connectivity index (χ1) is 17.4. The molecule has 1 aromatic carbocycles. The first-order valence-electron chi connectivity index (χ1n) is 11.7. The molecule has 4 aromatic rings. The molecule has 36 heavy (non-hydrogen) atoms. The summed E-state index contributed by atoms with van der Waals surface area (Å²) in [6.07, 6.45) is 1.74. The average Bonchev–Trinajstić information content (AvgIpc) is 3.32. The number of thiophene rings is 1. The van der Waals surface area contributed by atoms with Gasteiger partial charge in [-0.15, -0.1) is 11.3 Å². The van der Waals surface area contributed by atoms with E-state index in [2.05, 4.69) is 19.9 Å². The lowest BCUT2D eigenvalue weighted by Crippen LogP contribution is -2.49. The van der Waals surface area contributed by atoms with Crippen LogP contribution in [-0.4, -0.2) is 76.6 Å². The largest absolute Gasteiger partial charge is 0.387 e. The highest BCUT2D eigenvalue weighted by atomic mass is 32.1. The summed E-state index contributed by atoms with van der Waals surface area (Å²) in [4.78, 5) is 45.8. The second kappa shape index (κ2) is 10.00. The Bertz CT molecular complexity index is 1400. The van der Waals surface area contributed by atoms with Crippen molar-refractivity contribution in [2.45, 2.75) is 6.92 Å². The van der Waals surface area contributed by atoms with Gasteiger partial charge in [0.1, 0.15) is 22.9 Å². The zero-order valence-electron chi connectivity index (χ0n) is 20.1. The summed E-state index contributed by atoms with van der Waals surface area (Å²) < 4.78 is 0. The zero-order chi connectivity index (χ0) is 25.2. The average molecular weight is 503 g/mol. The van der Waals surface area contributed by atoms with Crippen LogP contribution in [0.25, 0.3) is 21.3 Å². The van der Waals surface area contributed by atoms with Crippen molar-refractivity contribution < 1.29 is 14.7 Å². The maximum Gasteiger partial charge on any atom is 0.272 e. The minimum Gasteiger partial charge on any atom is -0.387 e. The lowest BCUT2D eigenvalue weighted by Gasteiger charge is -2.35. The molecule has 4 heterocycles. The number of aromatic nitrogens is 3. The first kappa shape index (κ1) is 23.8. The SMILES string of the molecule is Cc1cc2c(N3CCN(C(=O)c4ccc(-c5ccccc5)cn4)CC3)nc(N(C)C(=O)CO)nc2s1. The van der Waals surface area contributed by atoms with E-state index in [9.17, 15) is 14.7 Å². The summed E-state index contributed by atoms with van der Waals surface area (Å²) in [5, 5.41) is 10.2. The van der Waals surface area contributed by atoms with Gasteiger partial charge in [0.05, 0.1) is 5.39 Å². The van der Waals surface area contributed by atoms with E-state index in [-0.39, 0.29) is 11.9 Å². The number of aryl methyl sites for hydroxylation is 1. The van der Waals surface area contributed by atoms with Gasteiger partial charge in [-0.2, -0.15) is 4.98 Å². The minimum atomic E-state index is -0.613. The van der Waals surface area contributed by atoms with Crippen molar-refractivity contribution in [2.75, 3.05) is 49.6 Å². The van der Waals surface area contributed by atoms with Crippen LogP contribution >= 0.6 is 11.3 Å². The number of hydrogen-bond donors (Lipinski definition) is 1. The van der Waals surface area contributed by atoms with E-state index in [0.717, 1.165) is 32.0 Å². The van der Waals surface area contributed by atoms with E-state index in [4.69, 9.17) is 0 Å². The summed E-state index contributed by atoms with van der Waals surface area (Å²) in [6.45, 7) is 3.62. The van der Waals surface area contributed by atoms with E-state index in [0.29, 0.717) is 31.9 Å². The van der Waals surface area contributed by atoms with Crippen molar-refractivity contribution in [1.82, 2.24) is 19.9 Å². The Kier molecular flexibility index (Phi) is 6.62. The summed E-state index contributed by atoms with van der Waals surface area (Å²) in [7, 11) is 1.55. The van der Waals surface area contributed by atoms with Crippen molar-refractivity contribution in [2.24, 2.45) is 0 Å². The number of benzene rings is 1. The molecule has 0 spiro atoms. The second-order valence-electron chi connectivity index (χ2n) is 8.61. The van der Waals surface area contributed by atoms with Crippen LogP contribution in [0.1, 0.15) is 15.4 Å². The van der Waals surface area contributed by atoms with Crippen LogP contribution in [0.5, 0.6) is 0 Å². The fourth-order valence-electron chi connectivity index (χ4n) is 4.23. The van der Waals surface area contributed by atoms with Gasteiger partial charge in [-0.05, 0) is 24.6 Å². The molecule has 0 atom stereocenters. The summed E-state index contributed by atoms with van der Waals surface area (Å²) >= 11 is 1.53. The van der Waals surface area contributed by atoms with Crippen molar-refractivity contribution in [1.29, 1.82) is 0 Å². The van der Waals surface area contributed by atoms with Crippen molar-refractivity contribution in [3.63, 3.8) is 0 Å². The fraction of sp³-hybridized carbons (Fsp3) is 0.269. The molecule has 1 saturated heterocycles. The topological polar surface area (TPSA) is 103 Å². The number of carbonyl (C=O) groups is 2. The molecule has 9 nitrogen and oxygen atoms in total. The summed E-state index contributed by atoms with van der Waals surface area (Å²) in [6, 6.07) is 15.7. The number of hydrogen-bond acceptors (Lipinski definition) is 8. The molecule has 5 rings (SSSR count). The Hall–Kier alpha value is -3.89. The molecule has 2 amide bonds. The molecular formula is C26H26N6O3S. The van der Waals surface area contributed by atoms with Gasteiger partial charge in [0, 0.05) is 49.9 Å². The predicted octanol–water partition coefficient (Wildman–Crippen LogP) is 2.98. The second-order valence-corrected chi connectivity index (χ2v) is 9.85. The standard InChI is InChI=1S/C26H26N6O3S/c1-17-14-20-23(28-26(29-24(20)36-17)30(2)22(34)16-33)31-10-12-32(13-11-31)25(35)21-9-8-19(15-27-21)18-6-4-3-5-7-18/h3-9,14-15,33H,10-13,16H2,1-2H3. The van der Waals surface area contributed by atoms with Gasteiger partial charge >= 0.3 is 0 Å². The number of rotatable bonds is 5. The molecule has 3 aromatic heterocycles. The Morgan fingerprint density at radius 1 is 1.03 bits per heavy atom. The molecule has 0 radical (unpaired) electrons. The molecule has 10 heteroatoms. The van der Waals surface area contributed by atoms with Crippen molar-refractivity contribution >= 4 is 45.1 Å². The number of piperazine rings is 1. The van der Waals surface area contributed by atoms with E-state index >= 15 is 0 Å². The lowest BCUT2D eigenvalue weighted by molar-refractivity contribution is -0.121. The number of aliphatic hydroxyl groups is 1. The van der Waals surface area contributed by atoms with Gasteiger partial charge in [-0.3, -0.25) is 19.5 Å². The third-order valence-electron chi connectivity index (χ3n) is 6.25. The van der Waals surface area contributed by atoms with Crippen LogP contribution in [0.2, 0.25) is 0 Å². The van der Waals surface area contributed by atoms with E-state index < -0.39 is 12.5 Å². The van der Waals surface area contributed by atoms with E-state index in [1.807, 2.05) is 49.4 Å². The number of nitrogens with zero attached hydrogens (tertiary/aromatic N) is 6. The molecule has 1 aliphatic rings. The molecule has 184 valence electrons. The van der Waals surface area contributed by atoms with Gasteiger partial charge in [-0.1, -0.05) is 36.4 Å². The molecule has 0 saturated carbocycles. The highest BCUT2D eigenvalue weighted by molar-refractivity contribution is 7.18. The van der Waals surface area contributed by atoms with Crippen molar-refractivity contribution in [3.8, 4) is 11.1 Å². The Labute approximate surface area is 212 Å². The van der Waals surface area contributed by atoms with Crippen LogP contribution in [0.3, 0.4) is 0 Å². The molecule has 1 aliphatic heterocycles. The zero-order valence-corrected chi connectivity index (χ0v) is 20.9. The third-order valence-corrected chi connectivity index (χ3v) is 7.19. The summed E-state index contributed by atoms with van der Waals surface area (Å²) in [5.74, 6) is 0.409. The van der Waals surface area contributed by atoms with Crippen LogP contribution in [0, 0.1) is 6.92 Å². The lowest BCUT2D eigenvalue weighted by atomic mass is 10.1. The van der Waals surface area contributed by atoms with Gasteiger partial charge in [0.25, 0.3) is 11.8 Å². The maximum atomic E-state index is 13.1. The molecular weight excluding hydrogens is 476 g/mol. The van der Waals surface area contributed by atoms with Crippen LogP contribution in [0.4, 0.5) is 11.8 Å². The molecule has 0 aliphatic carbocycles. The van der Waals surface area contributed by atoms with Crippen LogP contribution in [0.15, 0.2) is 54.7 Å². The third kappa shape index (κ3) is 4.65. The Morgan fingerprint density at radius 3 is 2.44 bits per heavy atom. The first-order valence-corrected chi connectivity index (χ1v) is 12.5. The molecule has 1 N–H and O–H groups in total. The Morgan fingerprint density at radius 2 is 1.78 bits per heavy atom. The monoisotopic (exact) mass is 502 g/mol. The number of aliphatic hydroxyl groups excluding tert-OH is 1. The number of fused-ring (bicyclic) bond motifs is 1. The quantitative estimate of drug-likeness (QED) is 0.448. The molecule has 0 bridgehead atoms. The normalized spacial score (nSPS) is 13.8. The maximum absolute atomic E-state index is 13.1. The van der Waals surface area contributed by atoms with Gasteiger partial charge in [0.15, 0.2) is 0 Å². The highest BCUT2D eigenvalue weighted by Gasteiger charge is 2.26. The number of amides is 2. The number of likely N-dealkylation sites (N-methyl/N-ethyl adjacent to an activating group) is 1. The predicted molar refractivity (Wildman–Crippen MR) is 140 cm³/mol. The van der Waals surface area contributed by atoms with E-state index in [1.165, 1.54) is 16.2 Å². The minimum absolute atomic E-state index is 0.0950. The van der Waals surface area contributed by atoms with Crippen molar-refractivity contribution in [3.05, 3.63) is 65.3 Å². The fourth-order valence-corrected chi connectivity index (χ4v) is 5.10. The highest BCUT2D eigenvalue weighted by Crippen LogP contribution is 2.33. The summed E-state index contributed by atoms with van der Waals surface area (Å²) in [5.41, 5.74) is 2.45. The molecule has 1 fully saturated rings. The Balaban J connectivity index is 1.32. The molecule has 0 unspecified atom stereocenters.